The Bertz CT molecular complexity index is 1110. The average Bonchev–Trinajstić information content (AvgIpc) is 3.10. The van der Waals surface area contributed by atoms with Crippen LogP contribution >= 0.6 is 0 Å². The minimum Gasteiger partial charge on any atom is -0.507 e. The second kappa shape index (κ2) is 11.9. The number of likely N-dealkylation sites (N-methyl/N-ethyl adjacent to an activating group) is 1. The lowest BCUT2D eigenvalue weighted by Crippen LogP contribution is -2.35. The molecule has 1 aliphatic heterocycles. The molecule has 1 aliphatic rings. The van der Waals surface area contributed by atoms with Crippen LogP contribution in [0.2, 0.25) is 0 Å². The van der Waals surface area contributed by atoms with Gasteiger partial charge in [-0.2, -0.15) is 0 Å². The van der Waals surface area contributed by atoms with E-state index < -0.39 is 17.7 Å². The molecule has 0 aliphatic carbocycles. The van der Waals surface area contributed by atoms with Crippen molar-refractivity contribution in [2.45, 2.75) is 39.3 Å². The van der Waals surface area contributed by atoms with Crippen LogP contribution in [0.1, 0.15) is 44.4 Å². The zero-order valence-corrected chi connectivity index (χ0v) is 21.9. The maximum Gasteiger partial charge on any atom is 0.295 e. The highest BCUT2D eigenvalue weighted by atomic mass is 16.5. The van der Waals surface area contributed by atoms with Crippen molar-refractivity contribution in [3.63, 3.8) is 0 Å². The number of nitrogens with zero attached hydrogens (tertiary/aromatic N) is 2. The Morgan fingerprint density at radius 1 is 1.08 bits per heavy atom. The second-order valence-electron chi connectivity index (χ2n) is 9.25. The largest absolute Gasteiger partial charge is 0.507 e. The molecule has 1 unspecified atom stereocenters. The van der Waals surface area contributed by atoms with Gasteiger partial charge in [-0.05, 0) is 76.3 Å². The fourth-order valence-electron chi connectivity index (χ4n) is 4.07. The normalized spacial score (nSPS) is 17.2. The molecule has 1 saturated heterocycles. The topological polar surface area (TPSA) is 88.5 Å². The lowest BCUT2D eigenvalue weighted by atomic mass is 9.95. The van der Waals surface area contributed by atoms with E-state index in [4.69, 9.17) is 14.2 Å². The number of amides is 1. The summed E-state index contributed by atoms with van der Waals surface area (Å²) in [7, 11) is 5.34. The molecular weight excluding hydrogens is 460 g/mol. The Morgan fingerprint density at radius 2 is 1.78 bits per heavy atom. The number of aliphatic hydroxyl groups excluding tert-OH is 1. The molecule has 1 N–H and O–H groups in total. The summed E-state index contributed by atoms with van der Waals surface area (Å²) < 4.78 is 17.0. The number of rotatable bonds is 11. The van der Waals surface area contributed by atoms with E-state index in [0.717, 1.165) is 6.42 Å². The number of Topliss-reactive ketones (excluding diaryl/α,β-unsaturated/α-hetero) is 1. The Morgan fingerprint density at radius 3 is 2.36 bits per heavy atom. The van der Waals surface area contributed by atoms with E-state index in [9.17, 15) is 14.7 Å². The quantitative estimate of drug-likeness (QED) is 0.283. The van der Waals surface area contributed by atoms with Crippen LogP contribution in [-0.4, -0.2) is 73.6 Å². The number of aliphatic hydroxyl groups is 1. The number of hydrogen-bond acceptors (Lipinski definition) is 7. The zero-order chi connectivity index (χ0) is 26.4. The molecule has 0 saturated carbocycles. The van der Waals surface area contributed by atoms with Crippen LogP contribution in [0.4, 0.5) is 0 Å². The van der Waals surface area contributed by atoms with Gasteiger partial charge in [0.1, 0.15) is 11.5 Å². The highest BCUT2D eigenvalue weighted by Crippen LogP contribution is 2.42. The predicted octanol–water partition coefficient (Wildman–Crippen LogP) is 4.25. The van der Waals surface area contributed by atoms with Crippen LogP contribution in [0.25, 0.3) is 5.76 Å². The predicted molar refractivity (Wildman–Crippen MR) is 139 cm³/mol. The Kier molecular flexibility index (Phi) is 8.98. The molecule has 0 radical (unpaired) electrons. The van der Waals surface area contributed by atoms with Crippen LogP contribution < -0.4 is 14.2 Å². The number of ketones is 1. The minimum atomic E-state index is -0.773. The van der Waals surface area contributed by atoms with Gasteiger partial charge in [-0.15, -0.1) is 0 Å². The van der Waals surface area contributed by atoms with Crippen molar-refractivity contribution < 1.29 is 28.9 Å². The van der Waals surface area contributed by atoms with Crippen LogP contribution in [-0.2, 0) is 9.59 Å². The van der Waals surface area contributed by atoms with Gasteiger partial charge in [0.05, 0.1) is 31.4 Å². The highest BCUT2D eigenvalue weighted by Gasteiger charge is 2.46. The molecule has 0 bridgehead atoms. The molecule has 1 fully saturated rings. The van der Waals surface area contributed by atoms with Gasteiger partial charge in [-0.3, -0.25) is 9.59 Å². The molecule has 1 amide bonds. The molecule has 8 heteroatoms. The lowest BCUT2D eigenvalue weighted by Gasteiger charge is -2.27. The first-order valence-electron chi connectivity index (χ1n) is 12.2. The lowest BCUT2D eigenvalue weighted by molar-refractivity contribution is -0.140. The molecule has 1 heterocycles. The Hall–Kier alpha value is -3.52. The van der Waals surface area contributed by atoms with Crippen molar-refractivity contribution >= 4 is 17.4 Å². The van der Waals surface area contributed by atoms with Crippen molar-refractivity contribution in [2.24, 2.45) is 0 Å². The summed E-state index contributed by atoms with van der Waals surface area (Å²) >= 11 is 0. The van der Waals surface area contributed by atoms with E-state index >= 15 is 0 Å². The van der Waals surface area contributed by atoms with Crippen molar-refractivity contribution in [1.82, 2.24) is 9.80 Å². The van der Waals surface area contributed by atoms with E-state index in [2.05, 4.69) is 0 Å². The molecular formula is C28H36N2O6. The van der Waals surface area contributed by atoms with Gasteiger partial charge in [0.2, 0.25) is 0 Å². The first-order valence-corrected chi connectivity index (χ1v) is 12.2. The monoisotopic (exact) mass is 496 g/mol. The molecule has 0 spiro atoms. The summed E-state index contributed by atoms with van der Waals surface area (Å²) in [5.74, 6) is 0.130. The first-order chi connectivity index (χ1) is 17.2. The number of benzene rings is 2. The number of carbonyl (C=O) groups is 2. The number of likely N-dealkylation sites (tertiary alicyclic amines) is 1. The van der Waals surface area contributed by atoms with E-state index in [1.807, 2.05) is 39.8 Å². The van der Waals surface area contributed by atoms with Crippen molar-refractivity contribution in [2.75, 3.05) is 40.9 Å². The Labute approximate surface area is 213 Å². The molecule has 3 rings (SSSR count). The van der Waals surface area contributed by atoms with Crippen LogP contribution in [0.15, 0.2) is 48.0 Å². The standard InChI is InChI=1S/C28H36N2O6/c1-7-16-35-22-13-10-20(17-23(22)34-6)25-24(27(32)28(33)30(25)15-14-29(4)5)26(31)19-8-11-21(12-9-19)36-18(2)3/h8-13,17-18,25,31H,7,14-16H2,1-6H3/b26-24-. The van der Waals surface area contributed by atoms with Crippen molar-refractivity contribution in [1.29, 1.82) is 0 Å². The van der Waals surface area contributed by atoms with Gasteiger partial charge < -0.3 is 29.1 Å². The first kappa shape index (κ1) is 27.1. The number of hydrogen-bond donors (Lipinski definition) is 1. The molecule has 36 heavy (non-hydrogen) atoms. The van der Waals surface area contributed by atoms with Gasteiger partial charge in [-0.25, -0.2) is 0 Å². The van der Waals surface area contributed by atoms with Gasteiger partial charge in [-0.1, -0.05) is 13.0 Å². The maximum atomic E-state index is 13.2. The average molecular weight is 497 g/mol. The maximum absolute atomic E-state index is 13.2. The van der Waals surface area contributed by atoms with E-state index in [1.54, 1.807) is 49.6 Å². The molecule has 1 atom stereocenters. The summed E-state index contributed by atoms with van der Waals surface area (Å²) in [5.41, 5.74) is 1.12. The summed E-state index contributed by atoms with van der Waals surface area (Å²) in [5, 5.41) is 11.3. The summed E-state index contributed by atoms with van der Waals surface area (Å²) in [6.45, 7) is 7.27. The molecule has 2 aromatic rings. The smallest absolute Gasteiger partial charge is 0.295 e. The molecule has 194 valence electrons. The van der Waals surface area contributed by atoms with Gasteiger partial charge in [0.25, 0.3) is 11.7 Å². The number of methoxy groups -OCH3 is 1. The van der Waals surface area contributed by atoms with Gasteiger partial charge in [0, 0.05) is 18.7 Å². The fourth-order valence-corrected chi connectivity index (χ4v) is 4.07. The van der Waals surface area contributed by atoms with Gasteiger partial charge in [0.15, 0.2) is 11.5 Å². The minimum absolute atomic E-state index is 0.00530. The molecule has 8 nitrogen and oxygen atoms in total. The van der Waals surface area contributed by atoms with Crippen molar-refractivity contribution in [3.05, 3.63) is 59.2 Å². The zero-order valence-electron chi connectivity index (χ0n) is 21.9. The van der Waals surface area contributed by atoms with E-state index in [-0.39, 0.29) is 17.4 Å². The number of ether oxygens (including phenoxy) is 3. The Balaban J connectivity index is 2.10. The third kappa shape index (κ3) is 5.99. The van der Waals surface area contributed by atoms with E-state index in [1.165, 1.54) is 4.90 Å². The van der Waals surface area contributed by atoms with Crippen LogP contribution in [0.5, 0.6) is 17.2 Å². The number of carbonyl (C=O) groups excluding carboxylic acids is 2. The molecule has 2 aromatic carbocycles. The summed E-state index contributed by atoms with van der Waals surface area (Å²) in [6.07, 6.45) is 0.849. The van der Waals surface area contributed by atoms with Crippen LogP contribution in [0.3, 0.4) is 0 Å². The molecule has 0 aromatic heterocycles. The highest BCUT2D eigenvalue weighted by molar-refractivity contribution is 6.46. The van der Waals surface area contributed by atoms with Crippen molar-refractivity contribution in [3.8, 4) is 17.2 Å². The third-order valence-electron chi connectivity index (χ3n) is 5.79. The van der Waals surface area contributed by atoms with E-state index in [0.29, 0.717) is 48.1 Å². The second-order valence-corrected chi connectivity index (χ2v) is 9.25. The summed E-state index contributed by atoms with van der Waals surface area (Å²) in [6, 6.07) is 11.4. The SMILES string of the molecule is CCCOc1ccc(C2/C(=C(/O)c3ccc(OC(C)C)cc3)C(=O)C(=O)N2CCN(C)C)cc1OC. The van der Waals surface area contributed by atoms with Gasteiger partial charge >= 0.3 is 0 Å². The van der Waals surface area contributed by atoms with Crippen LogP contribution in [0, 0.1) is 0 Å². The summed E-state index contributed by atoms with van der Waals surface area (Å²) in [4.78, 5) is 29.8. The third-order valence-corrected chi connectivity index (χ3v) is 5.79. The fraction of sp³-hybridized carbons (Fsp3) is 0.429.